The summed E-state index contributed by atoms with van der Waals surface area (Å²) in [6, 6.07) is 7.89. The van der Waals surface area contributed by atoms with E-state index in [0.29, 0.717) is 13.2 Å². The zero-order chi connectivity index (χ0) is 18.8. The second kappa shape index (κ2) is 7.90. The summed E-state index contributed by atoms with van der Waals surface area (Å²) in [6.07, 6.45) is -0.0293. The van der Waals surface area contributed by atoms with Gasteiger partial charge in [-0.3, -0.25) is 14.4 Å². The van der Waals surface area contributed by atoms with Gasteiger partial charge in [0.1, 0.15) is 0 Å². The van der Waals surface area contributed by atoms with Crippen molar-refractivity contribution >= 4 is 27.5 Å². The first-order chi connectivity index (χ1) is 12.4. The lowest BCUT2D eigenvalue weighted by atomic mass is 10.1. The molecule has 0 radical (unpaired) electrons. The van der Waals surface area contributed by atoms with Crippen molar-refractivity contribution in [3.05, 3.63) is 45.7 Å². The molecule has 6 nitrogen and oxygen atoms in total. The van der Waals surface area contributed by atoms with Gasteiger partial charge in [-0.15, -0.1) is 0 Å². The first-order valence-electron chi connectivity index (χ1n) is 8.79. The first kappa shape index (κ1) is 19.1. The highest BCUT2D eigenvalue weighted by atomic mass is 79.9. The summed E-state index contributed by atoms with van der Waals surface area (Å²) in [5, 5.41) is 7.41. The van der Waals surface area contributed by atoms with E-state index < -0.39 is 0 Å². The summed E-state index contributed by atoms with van der Waals surface area (Å²) in [5.41, 5.74) is 3.72. The summed E-state index contributed by atoms with van der Waals surface area (Å²) in [6.45, 7) is 7.85. The molecular weight excluding hydrogens is 396 g/mol. The molecule has 1 aliphatic heterocycles. The van der Waals surface area contributed by atoms with Gasteiger partial charge >= 0.3 is 0 Å². The molecule has 2 heterocycles. The number of carbonyl (C=O) groups is 1. The van der Waals surface area contributed by atoms with Crippen LogP contribution in [0.25, 0.3) is 0 Å². The molecule has 1 saturated heterocycles. The smallest absolute Gasteiger partial charge is 0.241 e. The number of benzene rings is 1. The maximum Gasteiger partial charge on any atom is 0.241 e. The molecule has 2 atom stereocenters. The van der Waals surface area contributed by atoms with Crippen molar-refractivity contribution in [2.24, 2.45) is 7.05 Å². The summed E-state index contributed by atoms with van der Waals surface area (Å²) < 4.78 is 8.75. The van der Waals surface area contributed by atoms with E-state index in [1.54, 1.807) is 4.68 Å². The van der Waals surface area contributed by atoms with E-state index in [0.717, 1.165) is 33.7 Å². The van der Waals surface area contributed by atoms with E-state index >= 15 is 0 Å². The summed E-state index contributed by atoms with van der Waals surface area (Å²) >= 11 is 3.51. The van der Waals surface area contributed by atoms with Crippen LogP contribution in [0.2, 0.25) is 0 Å². The first-order valence-corrected chi connectivity index (χ1v) is 9.58. The van der Waals surface area contributed by atoms with Crippen molar-refractivity contribution in [1.29, 1.82) is 0 Å². The quantitative estimate of drug-likeness (QED) is 0.824. The number of aryl methyl sites for hydroxylation is 2. The zero-order valence-corrected chi connectivity index (χ0v) is 17.2. The van der Waals surface area contributed by atoms with Gasteiger partial charge in [0.2, 0.25) is 5.91 Å². The van der Waals surface area contributed by atoms with Crippen molar-refractivity contribution in [1.82, 2.24) is 14.7 Å². The molecule has 1 fully saturated rings. The predicted octanol–water partition coefficient (Wildman–Crippen LogP) is 3.20. The largest absolute Gasteiger partial charge is 0.371 e. The van der Waals surface area contributed by atoms with E-state index in [2.05, 4.69) is 43.4 Å². The third kappa shape index (κ3) is 4.00. The van der Waals surface area contributed by atoms with Crippen LogP contribution in [0.15, 0.2) is 28.7 Å². The molecule has 2 unspecified atom stereocenters. The lowest BCUT2D eigenvalue weighted by Gasteiger charge is -2.36. The fraction of sp³-hybridized carbons (Fsp3) is 0.474. The third-order valence-electron chi connectivity index (χ3n) is 5.00. The van der Waals surface area contributed by atoms with Crippen molar-refractivity contribution in [2.45, 2.75) is 32.9 Å². The minimum atomic E-state index is -0.243. The molecule has 1 aliphatic rings. The molecule has 1 aromatic heterocycles. The molecule has 1 amide bonds. The number of nitrogens with zero attached hydrogens (tertiary/aromatic N) is 3. The van der Waals surface area contributed by atoms with Gasteiger partial charge in [-0.1, -0.05) is 28.1 Å². The van der Waals surface area contributed by atoms with Gasteiger partial charge in [-0.25, -0.2) is 0 Å². The number of morpholine rings is 1. The van der Waals surface area contributed by atoms with Crippen molar-refractivity contribution in [3.63, 3.8) is 0 Å². The lowest BCUT2D eigenvalue weighted by Crippen LogP contribution is -2.48. The van der Waals surface area contributed by atoms with Gasteiger partial charge in [0.05, 0.1) is 35.8 Å². The molecule has 1 aromatic carbocycles. The number of carbonyl (C=O) groups excluding carboxylic acids is 1. The Morgan fingerprint density at radius 1 is 1.42 bits per heavy atom. The molecule has 140 valence electrons. The van der Waals surface area contributed by atoms with Gasteiger partial charge < -0.3 is 10.1 Å². The molecule has 0 spiro atoms. The minimum Gasteiger partial charge on any atom is -0.371 e. The van der Waals surface area contributed by atoms with Crippen LogP contribution in [0.4, 0.5) is 5.69 Å². The van der Waals surface area contributed by atoms with Crippen molar-refractivity contribution in [2.75, 3.05) is 25.0 Å². The van der Waals surface area contributed by atoms with Crippen LogP contribution >= 0.6 is 15.9 Å². The van der Waals surface area contributed by atoms with Gasteiger partial charge in [0.25, 0.3) is 0 Å². The number of aromatic nitrogens is 2. The monoisotopic (exact) mass is 420 g/mol. The molecule has 3 rings (SSSR count). The second-order valence-electron chi connectivity index (χ2n) is 6.74. The fourth-order valence-corrected chi connectivity index (χ4v) is 3.69. The molecule has 26 heavy (non-hydrogen) atoms. The van der Waals surface area contributed by atoms with Crippen molar-refractivity contribution in [3.8, 4) is 0 Å². The summed E-state index contributed by atoms with van der Waals surface area (Å²) in [4.78, 5) is 15.0. The minimum absolute atomic E-state index is 0.0147. The van der Waals surface area contributed by atoms with E-state index in [4.69, 9.17) is 4.74 Å². The van der Waals surface area contributed by atoms with Gasteiger partial charge in [0.15, 0.2) is 0 Å². The van der Waals surface area contributed by atoms with E-state index in [9.17, 15) is 4.79 Å². The highest BCUT2D eigenvalue weighted by Crippen LogP contribution is 2.26. The average Bonchev–Trinajstić information content (AvgIpc) is 2.87. The van der Waals surface area contributed by atoms with Crippen LogP contribution in [0.5, 0.6) is 0 Å². The molecule has 2 aromatic rings. The normalized spacial score (nSPS) is 19.3. The number of ether oxygens (including phenoxy) is 1. The second-order valence-corrected chi connectivity index (χ2v) is 7.66. The average molecular weight is 421 g/mol. The summed E-state index contributed by atoms with van der Waals surface area (Å²) in [5.74, 6) is -0.0147. The Labute approximate surface area is 162 Å². The maximum atomic E-state index is 12.8. The molecule has 1 N–H and O–H groups in total. The van der Waals surface area contributed by atoms with Crippen LogP contribution < -0.4 is 5.32 Å². The number of anilines is 1. The van der Waals surface area contributed by atoms with E-state index in [1.807, 2.05) is 40.0 Å². The predicted molar refractivity (Wildman–Crippen MR) is 105 cm³/mol. The molecule has 0 bridgehead atoms. The molecule has 0 aliphatic carbocycles. The Hall–Kier alpha value is -1.70. The highest BCUT2D eigenvalue weighted by Gasteiger charge is 2.29. The Morgan fingerprint density at radius 3 is 2.85 bits per heavy atom. The lowest BCUT2D eigenvalue weighted by molar-refractivity contribution is -0.124. The Balaban J connectivity index is 1.68. The third-order valence-corrected chi connectivity index (χ3v) is 5.50. The number of halogens is 1. The Kier molecular flexibility index (Phi) is 5.79. The van der Waals surface area contributed by atoms with E-state index in [1.165, 1.54) is 0 Å². The number of nitrogens with one attached hydrogen (secondary N) is 1. The fourth-order valence-electron chi connectivity index (χ4n) is 3.28. The van der Waals surface area contributed by atoms with Crippen LogP contribution in [0, 0.1) is 13.8 Å². The standard InChI is InChI=1S/C19H25BrN4O2/c1-12-18(13(2)23(4)22-12)21-19(25)14(3)24-8-9-26-17(11-24)15-6-5-7-16(20)10-15/h5-7,10,14,17H,8-9,11H2,1-4H3,(H,21,25). The topological polar surface area (TPSA) is 59.4 Å². The van der Waals surface area contributed by atoms with E-state index in [-0.39, 0.29) is 18.1 Å². The molecule has 0 saturated carbocycles. The van der Waals surface area contributed by atoms with Crippen LogP contribution in [0.3, 0.4) is 0 Å². The van der Waals surface area contributed by atoms with Gasteiger partial charge in [0, 0.05) is 24.6 Å². The Morgan fingerprint density at radius 2 is 2.19 bits per heavy atom. The van der Waals surface area contributed by atoms with Gasteiger partial charge in [-0.2, -0.15) is 5.10 Å². The van der Waals surface area contributed by atoms with Crippen LogP contribution in [0.1, 0.15) is 30.0 Å². The van der Waals surface area contributed by atoms with Crippen LogP contribution in [-0.4, -0.2) is 46.3 Å². The molecular formula is C19H25BrN4O2. The summed E-state index contributed by atoms with van der Waals surface area (Å²) in [7, 11) is 1.88. The highest BCUT2D eigenvalue weighted by molar-refractivity contribution is 9.10. The number of rotatable bonds is 4. The molecule has 7 heteroatoms. The number of hydrogen-bond acceptors (Lipinski definition) is 4. The number of amides is 1. The zero-order valence-electron chi connectivity index (χ0n) is 15.6. The van der Waals surface area contributed by atoms with Crippen LogP contribution in [-0.2, 0) is 16.6 Å². The number of hydrogen-bond donors (Lipinski definition) is 1. The van der Waals surface area contributed by atoms with Gasteiger partial charge in [-0.05, 0) is 38.5 Å². The SMILES string of the molecule is Cc1nn(C)c(C)c1NC(=O)C(C)N1CCOC(c2cccc(Br)c2)C1. The maximum absolute atomic E-state index is 12.8. The van der Waals surface area contributed by atoms with Crippen molar-refractivity contribution < 1.29 is 9.53 Å². The Bertz CT molecular complexity index is 805.